The summed E-state index contributed by atoms with van der Waals surface area (Å²) in [5.74, 6) is -0.503. The molecule has 0 aromatic heterocycles. The van der Waals surface area contributed by atoms with Gasteiger partial charge in [-0.2, -0.15) is 0 Å². The summed E-state index contributed by atoms with van der Waals surface area (Å²) in [5, 5.41) is 4.23. The first-order valence-electron chi connectivity index (χ1n) is 7.00. The van der Waals surface area contributed by atoms with Crippen molar-refractivity contribution in [1.82, 2.24) is 15.8 Å². The second-order valence-corrected chi connectivity index (χ2v) is 6.39. The Kier molecular flexibility index (Phi) is 5.49. The van der Waals surface area contributed by atoms with Crippen LogP contribution in [-0.2, 0) is 10.2 Å². The fourth-order valence-electron chi connectivity index (χ4n) is 1.78. The molecule has 1 aromatic rings. The molecular weight excluding hydrogens is 266 g/mol. The molecule has 1 atom stereocenters. The molecular formula is C16H25N3O2. The second-order valence-electron chi connectivity index (χ2n) is 6.39. The van der Waals surface area contributed by atoms with E-state index in [4.69, 9.17) is 0 Å². The van der Waals surface area contributed by atoms with E-state index in [1.807, 2.05) is 12.1 Å². The van der Waals surface area contributed by atoms with E-state index < -0.39 is 6.04 Å². The van der Waals surface area contributed by atoms with Crippen molar-refractivity contribution >= 4 is 11.8 Å². The van der Waals surface area contributed by atoms with Gasteiger partial charge < -0.3 is 5.32 Å². The average molecular weight is 291 g/mol. The van der Waals surface area contributed by atoms with Gasteiger partial charge in [0, 0.05) is 19.7 Å². The predicted molar refractivity (Wildman–Crippen MR) is 83.9 cm³/mol. The van der Waals surface area contributed by atoms with Gasteiger partial charge in [0.1, 0.15) is 6.04 Å². The molecule has 0 aliphatic heterocycles. The fraction of sp³-hybridized carbons (Fsp3) is 0.500. The van der Waals surface area contributed by atoms with E-state index in [2.05, 4.69) is 31.5 Å². The largest absolute Gasteiger partial charge is 0.340 e. The third-order valence-electron chi connectivity index (χ3n) is 3.09. The minimum absolute atomic E-state index is 0.0495. The van der Waals surface area contributed by atoms with Gasteiger partial charge in [0.25, 0.3) is 11.8 Å². The molecule has 2 N–H and O–H groups in total. The lowest BCUT2D eigenvalue weighted by Gasteiger charge is -2.20. The van der Waals surface area contributed by atoms with Gasteiger partial charge in [-0.1, -0.05) is 32.9 Å². The topological polar surface area (TPSA) is 61.4 Å². The third-order valence-corrected chi connectivity index (χ3v) is 3.09. The number of hydrogen-bond acceptors (Lipinski definition) is 3. The van der Waals surface area contributed by atoms with Crippen LogP contribution < -0.4 is 10.7 Å². The van der Waals surface area contributed by atoms with E-state index >= 15 is 0 Å². The Morgan fingerprint density at radius 3 is 2.05 bits per heavy atom. The molecule has 5 nitrogen and oxygen atoms in total. The van der Waals surface area contributed by atoms with Crippen LogP contribution in [0.2, 0.25) is 0 Å². The Labute approximate surface area is 126 Å². The maximum atomic E-state index is 12.1. The monoisotopic (exact) mass is 291 g/mol. The number of benzene rings is 1. The van der Waals surface area contributed by atoms with Crippen molar-refractivity contribution in [3.8, 4) is 0 Å². The van der Waals surface area contributed by atoms with Crippen molar-refractivity contribution in [3.05, 3.63) is 35.4 Å². The average Bonchev–Trinajstić information content (AvgIpc) is 2.36. The van der Waals surface area contributed by atoms with Gasteiger partial charge >= 0.3 is 0 Å². The lowest BCUT2D eigenvalue weighted by atomic mass is 9.86. The van der Waals surface area contributed by atoms with Crippen LogP contribution in [0.1, 0.15) is 43.6 Å². The minimum Gasteiger partial charge on any atom is -0.340 e. The maximum Gasteiger partial charge on any atom is 0.256 e. The zero-order chi connectivity index (χ0) is 16.2. The first kappa shape index (κ1) is 17.2. The van der Waals surface area contributed by atoms with Crippen LogP contribution >= 0.6 is 0 Å². The van der Waals surface area contributed by atoms with Crippen molar-refractivity contribution in [2.75, 3.05) is 14.1 Å². The van der Waals surface area contributed by atoms with Crippen LogP contribution in [0.3, 0.4) is 0 Å². The summed E-state index contributed by atoms with van der Waals surface area (Å²) < 4.78 is 0. The Morgan fingerprint density at radius 1 is 1.10 bits per heavy atom. The second kappa shape index (κ2) is 6.72. The van der Waals surface area contributed by atoms with E-state index in [9.17, 15) is 9.59 Å². The number of nitrogens with one attached hydrogen (secondary N) is 2. The Balaban J connectivity index is 2.70. The van der Waals surface area contributed by atoms with Gasteiger partial charge in [0.2, 0.25) is 0 Å². The molecule has 1 aromatic carbocycles. The van der Waals surface area contributed by atoms with Gasteiger partial charge in [-0.15, -0.1) is 0 Å². The van der Waals surface area contributed by atoms with E-state index in [1.54, 1.807) is 38.2 Å². The predicted octanol–water partition coefficient (Wildman–Crippen LogP) is 1.70. The summed E-state index contributed by atoms with van der Waals surface area (Å²) in [5.41, 5.74) is 4.37. The molecule has 0 unspecified atom stereocenters. The molecule has 0 saturated heterocycles. The summed E-state index contributed by atoms with van der Waals surface area (Å²) in [6.45, 7) is 8.02. The van der Waals surface area contributed by atoms with Crippen LogP contribution in [0.5, 0.6) is 0 Å². The van der Waals surface area contributed by atoms with Crippen LogP contribution in [0.15, 0.2) is 24.3 Å². The first-order valence-corrected chi connectivity index (χ1v) is 7.00. The number of nitrogens with zero attached hydrogens (tertiary/aromatic N) is 1. The summed E-state index contributed by atoms with van der Waals surface area (Å²) in [4.78, 5) is 23.8. The molecule has 116 valence electrons. The standard InChI is InChI=1S/C16H25N3O2/c1-11(14(20)18-19(5)6)17-15(21)12-7-9-13(10-8-12)16(2,3)4/h7-11H,1-6H3,(H,17,21)(H,18,20)/t11-/m0/s1. The van der Waals surface area contributed by atoms with Gasteiger partial charge in [-0.3, -0.25) is 15.0 Å². The molecule has 0 aliphatic carbocycles. The molecule has 0 fully saturated rings. The lowest BCUT2D eigenvalue weighted by molar-refractivity contribution is -0.126. The number of amides is 2. The van der Waals surface area contributed by atoms with Crippen molar-refractivity contribution in [2.45, 2.75) is 39.2 Å². The molecule has 5 heteroatoms. The van der Waals surface area contributed by atoms with Gasteiger partial charge in [-0.05, 0) is 30.0 Å². The third kappa shape index (κ3) is 5.19. The Bertz CT molecular complexity index is 501. The van der Waals surface area contributed by atoms with Gasteiger partial charge in [0.05, 0.1) is 0 Å². The molecule has 0 heterocycles. The number of carbonyl (C=O) groups is 2. The van der Waals surface area contributed by atoms with Crippen molar-refractivity contribution in [3.63, 3.8) is 0 Å². The Morgan fingerprint density at radius 2 is 1.62 bits per heavy atom. The van der Waals surface area contributed by atoms with Crippen LogP contribution in [-0.4, -0.2) is 37.0 Å². The maximum absolute atomic E-state index is 12.1. The molecule has 21 heavy (non-hydrogen) atoms. The van der Waals surface area contributed by atoms with Crippen LogP contribution in [0, 0.1) is 0 Å². The minimum atomic E-state index is -0.595. The zero-order valence-electron chi connectivity index (χ0n) is 13.7. The lowest BCUT2D eigenvalue weighted by Crippen LogP contribution is -2.48. The summed E-state index contributed by atoms with van der Waals surface area (Å²) in [7, 11) is 3.44. The van der Waals surface area contributed by atoms with E-state index in [-0.39, 0.29) is 17.2 Å². The fourth-order valence-corrected chi connectivity index (χ4v) is 1.78. The number of carbonyl (C=O) groups excluding carboxylic acids is 2. The SMILES string of the molecule is C[C@H](NC(=O)c1ccc(C(C)(C)C)cc1)C(=O)NN(C)C. The van der Waals surface area contributed by atoms with Gasteiger partial charge in [0.15, 0.2) is 0 Å². The Hall–Kier alpha value is -1.88. The highest BCUT2D eigenvalue weighted by Gasteiger charge is 2.18. The van der Waals surface area contributed by atoms with Crippen molar-refractivity contribution in [1.29, 1.82) is 0 Å². The highest BCUT2D eigenvalue weighted by molar-refractivity contribution is 5.97. The smallest absolute Gasteiger partial charge is 0.256 e. The van der Waals surface area contributed by atoms with Crippen LogP contribution in [0.25, 0.3) is 0 Å². The van der Waals surface area contributed by atoms with Crippen molar-refractivity contribution in [2.24, 2.45) is 0 Å². The normalized spacial score (nSPS) is 12.9. The van der Waals surface area contributed by atoms with Crippen molar-refractivity contribution < 1.29 is 9.59 Å². The van der Waals surface area contributed by atoms with Gasteiger partial charge in [-0.25, -0.2) is 5.01 Å². The summed E-state index contributed by atoms with van der Waals surface area (Å²) >= 11 is 0. The quantitative estimate of drug-likeness (QED) is 0.830. The van der Waals surface area contributed by atoms with E-state index in [1.165, 1.54) is 0 Å². The highest BCUT2D eigenvalue weighted by Crippen LogP contribution is 2.22. The molecule has 0 saturated carbocycles. The van der Waals surface area contributed by atoms with E-state index in [0.717, 1.165) is 5.56 Å². The molecule has 0 spiro atoms. The summed E-state index contributed by atoms with van der Waals surface area (Å²) in [6.07, 6.45) is 0. The molecule has 1 rings (SSSR count). The molecule has 0 radical (unpaired) electrons. The highest BCUT2D eigenvalue weighted by atomic mass is 16.2. The zero-order valence-corrected chi connectivity index (χ0v) is 13.7. The number of hydrazine groups is 1. The number of rotatable bonds is 4. The molecule has 0 bridgehead atoms. The summed E-state index contributed by atoms with van der Waals surface area (Å²) in [6, 6.07) is 6.86. The number of hydrogen-bond donors (Lipinski definition) is 2. The molecule has 0 aliphatic rings. The first-order chi connectivity index (χ1) is 9.61. The van der Waals surface area contributed by atoms with E-state index in [0.29, 0.717) is 5.56 Å². The van der Waals surface area contributed by atoms with Crippen LogP contribution in [0.4, 0.5) is 0 Å². The molecule has 2 amide bonds.